The molecule has 8 heteroatoms. The molecular weight excluding hydrogens is 376 g/mol. The summed E-state index contributed by atoms with van der Waals surface area (Å²) in [5, 5.41) is 2.88. The first-order chi connectivity index (χ1) is 13.1. The zero-order chi connectivity index (χ0) is 20.9. The van der Waals surface area contributed by atoms with Gasteiger partial charge in [0.15, 0.2) is 6.54 Å². The Bertz CT molecular complexity index is 912. The van der Waals surface area contributed by atoms with Gasteiger partial charge >= 0.3 is 0 Å². The number of nitrogens with zero attached hydrogens (tertiary/aromatic N) is 2. The van der Waals surface area contributed by atoms with Crippen LogP contribution >= 0.6 is 0 Å². The average molecular weight is 406 g/mol. The fraction of sp³-hybridized carbons (Fsp3) is 0.350. The minimum atomic E-state index is -3.58. The van der Waals surface area contributed by atoms with E-state index in [1.165, 1.54) is 20.2 Å². The maximum atomic E-state index is 12.6. The molecule has 0 bridgehead atoms. The second-order valence-corrected chi connectivity index (χ2v) is 9.36. The number of benzene rings is 2. The van der Waals surface area contributed by atoms with E-state index in [1.807, 2.05) is 56.4 Å². The monoisotopic (exact) mass is 405 g/mol. The van der Waals surface area contributed by atoms with Crippen molar-refractivity contribution in [1.29, 1.82) is 0 Å². The van der Waals surface area contributed by atoms with Crippen LogP contribution in [-0.2, 0) is 21.4 Å². The summed E-state index contributed by atoms with van der Waals surface area (Å²) < 4.78 is 26.0. The fourth-order valence-electron chi connectivity index (χ4n) is 2.85. The van der Waals surface area contributed by atoms with Crippen molar-refractivity contribution < 1.29 is 18.1 Å². The number of nitrogens with one attached hydrogen (secondary N) is 2. The van der Waals surface area contributed by atoms with Gasteiger partial charge in [-0.3, -0.25) is 4.79 Å². The Kier molecular flexibility index (Phi) is 7.17. The summed E-state index contributed by atoms with van der Waals surface area (Å²) in [7, 11) is 5.02. The number of rotatable bonds is 8. The Balaban J connectivity index is 2.17. The maximum Gasteiger partial charge on any atom is 0.279 e. The second-order valence-electron chi connectivity index (χ2n) is 7.21. The van der Waals surface area contributed by atoms with Gasteiger partial charge in [0, 0.05) is 33.8 Å². The predicted octanol–water partition coefficient (Wildman–Crippen LogP) is 0.656. The molecule has 28 heavy (non-hydrogen) atoms. The quantitative estimate of drug-likeness (QED) is 0.677. The number of likely N-dealkylation sites (N-methyl/N-ethyl adjacent to an activating group) is 1. The number of hydrogen-bond donors (Lipinski definition) is 2. The van der Waals surface area contributed by atoms with Crippen molar-refractivity contribution in [3.8, 4) is 0 Å². The van der Waals surface area contributed by atoms with Crippen LogP contribution in [0.25, 0.3) is 0 Å². The van der Waals surface area contributed by atoms with E-state index >= 15 is 0 Å². The SMILES string of the molecule is CN(C)c1ccc(S(=O)(=O)N(C)C)cc1NC(=O)C[NH+](C)Cc1ccccc1. The lowest BCUT2D eigenvalue weighted by molar-refractivity contribution is -0.885. The van der Waals surface area contributed by atoms with Crippen molar-refractivity contribution >= 4 is 27.3 Å². The molecule has 2 aromatic carbocycles. The van der Waals surface area contributed by atoms with E-state index in [1.54, 1.807) is 12.1 Å². The van der Waals surface area contributed by atoms with Gasteiger partial charge in [0.05, 0.1) is 23.3 Å². The molecule has 2 rings (SSSR count). The number of amides is 1. The summed E-state index contributed by atoms with van der Waals surface area (Å²) in [6.45, 7) is 0.996. The number of carbonyl (C=O) groups is 1. The van der Waals surface area contributed by atoms with Crippen molar-refractivity contribution in [1.82, 2.24) is 4.31 Å². The molecule has 0 aromatic heterocycles. The van der Waals surface area contributed by atoms with E-state index in [0.29, 0.717) is 5.69 Å². The zero-order valence-corrected chi connectivity index (χ0v) is 17.9. The van der Waals surface area contributed by atoms with Gasteiger partial charge < -0.3 is 15.1 Å². The standard InChI is InChI=1S/C20H28N4O3S/c1-22(2)19-12-11-17(28(26,27)23(3)4)13-18(19)21-20(25)15-24(5)14-16-9-7-6-8-10-16/h6-13H,14-15H2,1-5H3,(H,21,25)/p+1. The predicted molar refractivity (Wildman–Crippen MR) is 112 cm³/mol. The van der Waals surface area contributed by atoms with Gasteiger partial charge in [-0.05, 0) is 18.2 Å². The Labute approximate surface area is 167 Å². The normalized spacial score (nSPS) is 12.6. The highest BCUT2D eigenvalue weighted by molar-refractivity contribution is 7.89. The number of quaternary nitrogens is 1. The first-order valence-electron chi connectivity index (χ1n) is 9.00. The molecule has 0 aliphatic heterocycles. The van der Waals surface area contributed by atoms with Crippen LogP contribution in [0.5, 0.6) is 0 Å². The summed E-state index contributed by atoms with van der Waals surface area (Å²) in [6.07, 6.45) is 0. The first kappa shape index (κ1) is 21.9. The maximum absolute atomic E-state index is 12.6. The highest BCUT2D eigenvalue weighted by atomic mass is 32.2. The minimum absolute atomic E-state index is 0.142. The molecule has 0 heterocycles. The van der Waals surface area contributed by atoms with E-state index in [2.05, 4.69) is 5.32 Å². The van der Waals surface area contributed by atoms with Gasteiger partial charge in [-0.1, -0.05) is 30.3 Å². The molecule has 0 saturated heterocycles. The summed E-state index contributed by atoms with van der Waals surface area (Å²) in [6, 6.07) is 14.7. The van der Waals surface area contributed by atoms with E-state index in [-0.39, 0.29) is 17.3 Å². The summed E-state index contributed by atoms with van der Waals surface area (Å²) in [4.78, 5) is 15.6. The molecular formula is C20H29N4O3S+. The van der Waals surface area contributed by atoms with Crippen molar-refractivity contribution in [3.05, 3.63) is 54.1 Å². The number of hydrogen-bond acceptors (Lipinski definition) is 4. The summed E-state index contributed by atoms with van der Waals surface area (Å²) >= 11 is 0. The van der Waals surface area contributed by atoms with Gasteiger partial charge in [0.2, 0.25) is 10.0 Å². The van der Waals surface area contributed by atoms with Crippen LogP contribution in [0.3, 0.4) is 0 Å². The van der Waals surface area contributed by atoms with Gasteiger partial charge in [0.1, 0.15) is 6.54 Å². The van der Waals surface area contributed by atoms with Crippen molar-refractivity contribution in [2.45, 2.75) is 11.4 Å². The van der Waals surface area contributed by atoms with E-state index < -0.39 is 10.0 Å². The molecule has 1 amide bonds. The second kappa shape index (κ2) is 9.18. The van der Waals surface area contributed by atoms with Crippen LogP contribution in [0.2, 0.25) is 0 Å². The lowest BCUT2D eigenvalue weighted by atomic mass is 10.2. The van der Waals surface area contributed by atoms with Gasteiger partial charge in [-0.25, -0.2) is 12.7 Å². The van der Waals surface area contributed by atoms with Crippen LogP contribution < -0.4 is 15.1 Å². The van der Waals surface area contributed by atoms with Crippen LogP contribution in [-0.4, -0.2) is 60.4 Å². The molecule has 2 aromatic rings. The third-order valence-corrected chi connectivity index (χ3v) is 6.12. The smallest absolute Gasteiger partial charge is 0.279 e. The fourth-order valence-corrected chi connectivity index (χ4v) is 3.78. The molecule has 1 atom stereocenters. The van der Waals surface area contributed by atoms with Crippen LogP contribution in [0.15, 0.2) is 53.4 Å². The molecule has 0 spiro atoms. The third-order valence-electron chi connectivity index (χ3n) is 4.31. The Morgan fingerprint density at radius 1 is 1.04 bits per heavy atom. The van der Waals surface area contributed by atoms with E-state index in [9.17, 15) is 13.2 Å². The first-order valence-corrected chi connectivity index (χ1v) is 10.4. The lowest BCUT2D eigenvalue weighted by Gasteiger charge is -2.21. The largest absolute Gasteiger partial charge is 0.376 e. The topological polar surface area (TPSA) is 74.2 Å². The van der Waals surface area contributed by atoms with Crippen LogP contribution in [0.1, 0.15) is 5.56 Å². The molecule has 0 fully saturated rings. The van der Waals surface area contributed by atoms with Crippen LogP contribution in [0.4, 0.5) is 11.4 Å². The van der Waals surface area contributed by atoms with E-state index in [4.69, 9.17) is 0 Å². The van der Waals surface area contributed by atoms with Gasteiger partial charge in [-0.15, -0.1) is 0 Å². The molecule has 0 radical (unpaired) electrons. The Hall–Kier alpha value is -2.42. The van der Waals surface area contributed by atoms with Crippen molar-refractivity contribution in [2.24, 2.45) is 0 Å². The van der Waals surface area contributed by atoms with Crippen LogP contribution in [0, 0.1) is 0 Å². The minimum Gasteiger partial charge on any atom is -0.376 e. The Morgan fingerprint density at radius 3 is 2.25 bits per heavy atom. The number of carbonyl (C=O) groups excluding carboxylic acids is 1. The molecule has 0 saturated carbocycles. The highest BCUT2D eigenvalue weighted by Gasteiger charge is 2.20. The van der Waals surface area contributed by atoms with Gasteiger partial charge in [-0.2, -0.15) is 0 Å². The molecule has 7 nitrogen and oxygen atoms in total. The number of sulfonamides is 1. The molecule has 1 unspecified atom stereocenters. The summed E-state index contributed by atoms with van der Waals surface area (Å²) in [5.74, 6) is -0.170. The molecule has 2 N–H and O–H groups in total. The molecule has 0 aliphatic carbocycles. The van der Waals surface area contributed by atoms with Crippen molar-refractivity contribution in [2.75, 3.05) is 52.0 Å². The summed E-state index contributed by atoms with van der Waals surface area (Å²) in [5.41, 5.74) is 2.37. The van der Waals surface area contributed by atoms with E-state index in [0.717, 1.165) is 27.0 Å². The number of anilines is 2. The lowest BCUT2D eigenvalue weighted by Crippen LogP contribution is -3.08. The average Bonchev–Trinajstić information content (AvgIpc) is 2.61. The highest BCUT2D eigenvalue weighted by Crippen LogP contribution is 2.28. The molecule has 152 valence electrons. The van der Waals surface area contributed by atoms with Gasteiger partial charge in [0.25, 0.3) is 5.91 Å². The van der Waals surface area contributed by atoms with Crippen molar-refractivity contribution in [3.63, 3.8) is 0 Å². The third kappa shape index (κ3) is 5.54. The molecule has 0 aliphatic rings. The zero-order valence-electron chi connectivity index (χ0n) is 17.1. The Morgan fingerprint density at radius 2 is 1.68 bits per heavy atom.